The van der Waals surface area contributed by atoms with Gasteiger partial charge in [-0.3, -0.25) is 14.6 Å². The lowest BCUT2D eigenvalue weighted by atomic mass is 10.1. The summed E-state index contributed by atoms with van der Waals surface area (Å²) in [4.78, 5) is 28.2. The molecule has 0 radical (unpaired) electrons. The molecular weight excluding hydrogens is 290 g/mol. The predicted molar refractivity (Wildman–Crippen MR) is 91.8 cm³/mol. The number of nitrogens with zero attached hydrogens (tertiary/aromatic N) is 1. The second-order valence-corrected chi connectivity index (χ2v) is 5.47. The molecule has 0 saturated heterocycles. The third-order valence-corrected chi connectivity index (χ3v) is 3.56. The number of benzene rings is 1. The van der Waals surface area contributed by atoms with Gasteiger partial charge in [-0.1, -0.05) is 13.0 Å². The number of amides is 2. The molecule has 2 amide bonds. The van der Waals surface area contributed by atoms with E-state index in [9.17, 15) is 9.59 Å². The van der Waals surface area contributed by atoms with Crippen molar-refractivity contribution in [3.8, 4) is 0 Å². The van der Waals surface area contributed by atoms with Gasteiger partial charge in [0.15, 0.2) is 0 Å². The molecular formula is C18H21N3O2. The van der Waals surface area contributed by atoms with E-state index in [4.69, 9.17) is 0 Å². The van der Waals surface area contributed by atoms with E-state index in [1.54, 1.807) is 19.1 Å². The molecule has 1 aromatic carbocycles. The summed E-state index contributed by atoms with van der Waals surface area (Å²) < 4.78 is 0. The number of rotatable bonds is 4. The maximum Gasteiger partial charge on any atom is 0.257 e. The molecule has 0 bridgehead atoms. The highest BCUT2D eigenvalue weighted by atomic mass is 16.2. The summed E-state index contributed by atoms with van der Waals surface area (Å²) >= 11 is 0. The molecule has 0 atom stereocenters. The Morgan fingerprint density at radius 2 is 1.78 bits per heavy atom. The van der Waals surface area contributed by atoms with Crippen LogP contribution in [0, 0.1) is 20.8 Å². The van der Waals surface area contributed by atoms with Crippen LogP contribution in [-0.4, -0.2) is 16.8 Å². The lowest BCUT2D eigenvalue weighted by Gasteiger charge is -2.12. The summed E-state index contributed by atoms with van der Waals surface area (Å²) in [6.07, 6.45) is 0.407. The van der Waals surface area contributed by atoms with Crippen molar-refractivity contribution in [1.29, 1.82) is 0 Å². The fourth-order valence-corrected chi connectivity index (χ4v) is 2.20. The summed E-state index contributed by atoms with van der Waals surface area (Å²) in [5, 5.41) is 5.68. The van der Waals surface area contributed by atoms with Crippen molar-refractivity contribution in [2.75, 3.05) is 10.6 Å². The van der Waals surface area contributed by atoms with E-state index in [2.05, 4.69) is 15.6 Å². The molecule has 2 N–H and O–H groups in total. The van der Waals surface area contributed by atoms with Crippen LogP contribution in [-0.2, 0) is 4.79 Å². The maximum absolute atomic E-state index is 12.4. The SMILES string of the molecule is CCC(=O)Nc1ccc(C)c(NC(=O)c2ccc(C)nc2C)c1. The third kappa shape index (κ3) is 4.16. The second-order valence-electron chi connectivity index (χ2n) is 5.47. The van der Waals surface area contributed by atoms with Crippen LogP contribution in [0.2, 0.25) is 0 Å². The van der Waals surface area contributed by atoms with Crippen LogP contribution in [0.3, 0.4) is 0 Å². The first kappa shape index (κ1) is 16.7. The largest absolute Gasteiger partial charge is 0.326 e. The Morgan fingerprint density at radius 3 is 2.43 bits per heavy atom. The monoisotopic (exact) mass is 311 g/mol. The van der Waals surface area contributed by atoms with Gasteiger partial charge in [0.25, 0.3) is 5.91 Å². The zero-order valence-corrected chi connectivity index (χ0v) is 13.9. The van der Waals surface area contributed by atoms with Crippen molar-refractivity contribution in [2.24, 2.45) is 0 Å². The van der Waals surface area contributed by atoms with Gasteiger partial charge < -0.3 is 10.6 Å². The van der Waals surface area contributed by atoms with Gasteiger partial charge in [-0.05, 0) is 50.6 Å². The Morgan fingerprint density at radius 1 is 1.04 bits per heavy atom. The van der Waals surface area contributed by atoms with Crippen LogP contribution in [0.15, 0.2) is 30.3 Å². The van der Waals surface area contributed by atoms with E-state index < -0.39 is 0 Å². The molecule has 2 rings (SSSR count). The third-order valence-electron chi connectivity index (χ3n) is 3.56. The lowest BCUT2D eigenvalue weighted by molar-refractivity contribution is -0.115. The molecule has 120 valence electrons. The van der Waals surface area contributed by atoms with Crippen molar-refractivity contribution in [3.63, 3.8) is 0 Å². The highest BCUT2D eigenvalue weighted by molar-refractivity contribution is 6.05. The van der Waals surface area contributed by atoms with Crippen molar-refractivity contribution in [3.05, 3.63) is 52.8 Å². The number of aryl methyl sites for hydroxylation is 3. The molecule has 0 aliphatic heterocycles. The number of carbonyl (C=O) groups excluding carboxylic acids is 2. The van der Waals surface area contributed by atoms with Gasteiger partial charge in [-0.25, -0.2) is 0 Å². The van der Waals surface area contributed by atoms with Crippen LogP contribution in [0.1, 0.15) is 40.7 Å². The van der Waals surface area contributed by atoms with E-state index in [0.717, 1.165) is 11.3 Å². The number of pyridine rings is 1. The minimum atomic E-state index is -0.211. The maximum atomic E-state index is 12.4. The Hall–Kier alpha value is -2.69. The fraction of sp³-hybridized carbons (Fsp3) is 0.278. The van der Waals surface area contributed by atoms with E-state index in [0.29, 0.717) is 29.1 Å². The number of carbonyl (C=O) groups is 2. The summed E-state index contributed by atoms with van der Waals surface area (Å²) in [7, 11) is 0. The fourth-order valence-electron chi connectivity index (χ4n) is 2.20. The Kier molecular flexibility index (Phi) is 5.11. The lowest BCUT2D eigenvalue weighted by Crippen LogP contribution is -2.16. The van der Waals surface area contributed by atoms with Crippen LogP contribution < -0.4 is 10.6 Å². The Labute approximate surface area is 136 Å². The van der Waals surface area contributed by atoms with Crippen LogP contribution in [0.25, 0.3) is 0 Å². The average molecular weight is 311 g/mol. The van der Waals surface area contributed by atoms with Gasteiger partial charge >= 0.3 is 0 Å². The van der Waals surface area contributed by atoms with Crippen molar-refractivity contribution in [1.82, 2.24) is 4.98 Å². The Balaban J connectivity index is 2.23. The van der Waals surface area contributed by atoms with E-state index in [1.807, 2.05) is 39.0 Å². The zero-order chi connectivity index (χ0) is 17.0. The minimum Gasteiger partial charge on any atom is -0.326 e. The normalized spacial score (nSPS) is 10.3. The molecule has 0 unspecified atom stereocenters. The zero-order valence-electron chi connectivity index (χ0n) is 13.9. The number of anilines is 2. The number of hydrogen-bond acceptors (Lipinski definition) is 3. The standard InChI is InChI=1S/C18H21N3O2/c1-5-17(22)20-14-8-6-11(2)16(10-14)21-18(23)15-9-7-12(3)19-13(15)4/h6-10H,5H2,1-4H3,(H,20,22)(H,21,23). The molecule has 0 fully saturated rings. The predicted octanol–water partition coefficient (Wildman–Crippen LogP) is 3.61. The smallest absolute Gasteiger partial charge is 0.257 e. The van der Waals surface area contributed by atoms with Gasteiger partial charge in [0.2, 0.25) is 5.91 Å². The first-order valence-electron chi connectivity index (χ1n) is 7.56. The summed E-state index contributed by atoms with van der Waals surface area (Å²) in [6.45, 7) is 7.39. The molecule has 1 aromatic heterocycles. The van der Waals surface area contributed by atoms with Crippen LogP contribution in [0.4, 0.5) is 11.4 Å². The Bertz CT molecular complexity index is 754. The number of aromatic nitrogens is 1. The van der Waals surface area contributed by atoms with Crippen molar-refractivity contribution in [2.45, 2.75) is 34.1 Å². The van der Waals surface area contributed by atoms with Crippen molar-refractivity contribution < 1.29 is 9.59 Å². The molecule has 5 nitrogen and oxygen atoms in total. The molecule has 0 spiro atoms. The molecule has 23 heavy (non-hydrogen) atoms. The van der Waals surface area contributed by atoms with Crippen molar-refractivity contribution >= 4 is 23.2 Å². The summed E-state index contributed by atoms with van der Waals surface area (Å²) in [5.74, 6) is -0.276. The van der Waals surface area contributed by atoms with E-state index in [1.165, 1.54) is 0 Å². The highest BCUT2D eigenvalue weighted by Gasteiger charge is 2.12. The molecule has 0 saturated carbocycles. The molecule has 0 aliphatic rings. The van der Waals surface area contributed by atoms with Crippen LogP contribution in [0.5, 0.6) is 0 Å². The number of nitrogens with one attached hydrogen (secondary N) is 2. The molecule has 1 heterocycles. The van der Waals surface area contributed by atoms with Gasteiger partial charge in [0.1, 0.15) is 0 Å². The molecule has 5 heteroatoms. The average Bonchev–Trinajstić information content (AvgIpc) is 2.50. The van der Waals surface area contributed by atoms with Crippen LogP contribution >= 0.6 is 0 Å². The molecule has 0 aliphatic carbocycles. The topological polar surface area (TPSA) is 71.1 Å². The van der Waals surface area contributed by atoms with Gasteiger partial charge in [0, 0.05) is 23.5 Å². The van der Waals surface area contributed by atoms with E-state index >= 15 is 0 Å². The summed E-state index contributed by atoms with van der Waals surface area (Å²) in [6, 6.07) is 9.02. The highest BCUT2D eigenvalue weighted by Crippen LogP contribution is 2.21. The molecule has 2 aromatic rings. The van der Waals surface area contributed by atoms with E-state index in [-0.39, 0.29) is 11.8 Å². The minimum absolute atomic E-state index is 0.0651. The first-order valence-corrected chi connectivity index (χ1v) is 7.56. The first-order chi connectivity index (χ1) is 10.9. The second kappa shape index (κ2) is 7.05. The van der Waals surface area contributed by atoms with Gasteiger partial charge in [-0.2, -0.15) is 0 Å². The number of hydrogen-bond donors (Lipinski definition) is 2. The van der Waals surface area contributed by atoms with Gasteiger partial charge in [-0.15, -0.1) is 0 Å². The summed E-state index contributed by atoms with van der Waals surface area (Å²) in [5.41, 5.74) is 4.36. The quantitative estimate of drug-likeness (QED) is 0.906. The van der Waals surface area contributed by atoms with Gasteiger partial charge in [0.05, 0.1) is 11.3 Å².